The first-order valence-corrected chi connectivity index (χ1v) is 11.7. The lowest BCUT2D eigenvalue weighted by Gasteiger charge is -2.23. The molecule has 11 heteroatoms. The molecule has 36 heavy (non-hydrogen) atoms. The fraction of sp³-hybridized carbons (Fsp3) is 0.480. The van der Waals surface area contributed by atoms with E-state index in [1.807, 2.05) is 5.32 Å². The maximum absolute atomic E-state index is 14.1. The Hall–Kier alpha value is -3.21. The Labute approximate surface area is 207 Å². The van der Waals surface area contributed by atoms with Crippen molar-refractivity contribution >= 4 is 22.6 Å². The summed E-state index contributed by atoms with van der Waals surface area (Å²) in [6.07, 6.45) is 2.39. The lowest BCUT2D eigenvalue weighted by atomic mass is 10.0. The van der Waals surface area contributed by atoms with Gasteiger partial charge in [0.2, 0.25) is 5.91 Å². The number of nitrogens with one attached hydrogen (secondary N) is 2. The number of aromatic nitrogens is 3. The molecule has 7 nitrogen and oxygen atoms in total. The number of carbonyl (C=O) groups excluding carboxylic acids is 1. The quantitative estimate of drug-likeness (QED) is 0.268. The van der Waals surface area contributed by atoms with Gasteiger partial charge in [-0.25, -0.2) is 9.37 Å². The van der Waals surface area contributed by atoms with E-state index in [0.717, 1.165) is 12.6 Å². The molecule has 0 aromatic carbocycles. The summed E-state index contributed by atoms with van der Waals surface area (Å²) in [6, 6.07) is 2.17. The largest absolute Gasteiger partial charge is 0.405 e. The number of hydrogen-bond donors (Lipinski definition) is 2. The molecule has 0 fully saturated rings. The van der Waals surface area contributed by atoms with Crippen molar-refractivity contribution in [3.05, 3.63) is 42.7 Å². The molecule has 3 heterocycles. The fourth-order valence-electron chi connectivity index (χ4n) is 3.63. The van der Waals surface area contributed by atoms with Crippen LogP contribution in [0.15, 0.2) is 36.9 Å². The Bertz CT molecular complexity index is 1180. The maximum atomic E-state index is 14.1. The summed E-state index contributed by atoms with van der Waals surface area (Å²) < 4.78 is 59.3. The van der Waals surface area contributed by atoms with Gasteiger partial charge in [-0.05, 0) is 30.4 Å². The third-order valence-corrected chi connectivity index (χ3v) is 5.53. The molecule has 3 rings (SSSR count). The molecule has 3 aromatic rings. The van der Waals surface area contributed by atoms with Crippen molar-refractivity contribution in [1.29, 1.82) is 0 Å². The van der Waals surface area contributed by atoms with E-state index in [4.69, 9.17) is 4.74 Å². The number of fused-ring (bicyclic) bond motifs is 1. The standard InChI is InChI=1S/C25H31F4N5O2/c1-15(2)5-6-36-14-34-12-21(20-8-18(26)10-31-23(20)34)17-7-19(11-30-9-17)33-22(16(3)4)24(35)32-13-25(27,28)29/h7-12,15-16,22,33H,5-6,13-14H2,1-4H3,(H,32,35). The summed E-state index contributed by atoms with van der Waals surface area (Å²) in [5.74, 6) is -1.06. The van der Waals surface area contributed by atoms with Crippen molar-refractivity contribution < 1.29 is 27.1 Å². The van der Waals surface area contributed by atoms with Gasteiger partial charge in [0.25, 0.3) is 0 Å². The third-order valence-electron chi connectivity index (χ3n) is 5.53. The average Bonchev–Trinajstić information content (AvgIpc) is 3.15. The molecule has 1 amide bonds. The van der Waals surface area contributed by atoms with Crippen LogP contribution in [0.1, 0.15) is 34.1 Å². The van der Waals surface area contributed by atoms with Crippen LogP contribution >= 0.6 is 0 Å². The number of hydrogen-bond acceptors (Lipinski definition) is 5. The van der Waals surface area contributed by atoms with Gasteiger partial charge in [0.1, 0.15) is 30.8 Å². The third kappa shape index (κ3) is 7.39. The van der Waals surface area contributed by atoms with Crippen molar-refractivity contribution in [2.75, 3.05) is 18.5 Å². The van der Waals surface area contributed by atoms with E-state index in [1.54, 1.807) is 36.9 Å². The fourth-order valence-corrected chi connectivity index (χ4v) is 3.63. The highest BCUT2D eigenvalue weighted by molar-refractivity contribution is 5.94. The van der Waals surface area contributed by atoms with Gasteiger partial charge in [-0.15, -0.1) is 0 Å². The van der Waals surface area contributed by atoms with E-state index in [0.29, 0.717) is 40.4 Å². The molecule has 0 aliphatic rings. The van der Waals surface area contributed by atoms with Crippen molar-refractivity contribution in [2.45, 2.75) is 53.1 Å². The lowest BCUT2D eigenvalue weighted by Crippen LogP contribution is -2.46. The van der Waals surface area contributed by atoms with Crippen LogP contribution in [0, 0.1) is 17.7 Å². The number of nitrogens with zero attached hydrogens (tertiary/aromatic N) is 3. The number of alkyl halides is 3. The second kappa shape index (κ2) is 11.7. The van der Waals surface area contributed by atoms with Crippen molar-refractivity contribution in [2.24, 2.45) is 11.8 Å². The highest BCUT2D eigenvalue weighted by Crippen LogP contribution is 2.31. The zero-order valence-corrected chi connectivity index (χ0v) is 20.7. The number of rotatable bonds is 11. The molecule has 196 valence electrons. The van der Waals surface area contributed by atoms with Crippen molar-refractivity contribution in [1.82, 2.24) is 19.9 Å². The Morgan fingerprint density at radius 1 is 1.14 bits per heavy atom. The van der Waals surface area contributed by atoms with Gasteiger partial charge in [0.05, 0.1) is 11.9 Å². The Morgan fingerprint density at radius 2 is 1.89 bits per heavy atom. The van der Waals surface area contributed by atoms with Gasteiger partial charge in [-0.1, -0.05) is 27.7 Å². The van der Waals surface area contributed by atoms with Crippen LogP contribution in [0.4, 0.5) is 23.2 Å². The zero-order valence-electron chi connectivity index (χ0n) is 20.7. The summed E-state index contributed by atoms with van der Waals surface area (Å²) in [5, 5.41) is 5.46. The Kier molecular flexibility index (Phi) is 8.89. The first-order valence-electron chi connectivity index (χ1n) is 11.7. The van der Waals surface area contributed by atoms with Gasteiger partial charge in [0.15, 0.2) is 0 Å². The topological polar surface area (TPSA) is 81.1 Å². The molecule has 0 saturated heterocycles. The average molecular weight is 510 g/mol. The lowest BCUT2D eigenvalue weighted by molar-refractivity contribution is -0.139. The second-order valence-corrected chi connectivity index (χ2v) is 9.42. The molecule has 0 saturated carbocycles. The van der Waals surface area contributed by atoms with Crippen LogP contribution in [0.25, 0.3) is 22.2 Å². The van der Waals surface area contributed by atoms with E-state index < -0.39 is 30.5 Å². The van der Waals surface area contributed by atoms with Crippen LogP contribution in [0.2, 0.25) is 0 Å². The van der Waals surface area contributed by atoms with Crippen molar-refractivity contribution in [3.8, 4) is 11.1 Å². The summed E-state index contributed by atoms with van der Waals surface area (Å²) in [7, 11) is 0. The van der Waals surface area contributed by atoms with Gasteiger partial charge >= 0.3 is 6.18 Å². The van der Waals surface area contributed by atoms with E-state index >= 15 is 0 Å². The first-order chi connectivity index (χ1) is 16.9. The van der Waals surface area contributed by atoms with Gasteiger partial charge < -0.3 is 19.9 Å². The Morgan fingerprint density at radius 3 is 2.56 bits per heavy atom. The Balaban J connectivity index is 1.86. The van der Waals surface area contributed by atoms with Crippen LogP contribution in [-0.2, 0) is 16.3 Å². The van der Waals surface area contributed by atoms with Crippen LogP contribution in [0.5, 0.6) is 0 Å². The van der Waals surface area contributed by atoms with Crippen LogP contribution < -0.4 is 10.6 Å². The smallest absolute Gasteiger partial charge is 0.372 e. The molecule has 1 unspecified atom stereocenters. The predicted octanol–water partition coefficient (Wildman–Crippen LogP) is 5.37. The number of amides is 1. The molecular formula is C25H31F4N5O2. The van der Waals surface area contributed by atoms with Gasteiger partial charge in [-0.2, -0.15) is 13.2 Å². The first kappa shape index (κ1) is 27.4. The molecule has 0 aliphatic carbocycles. The summed E-state index contributed by atoms with van der Waals surface area (Å²) in [4.78, 5) is 20.9. The number of ether oxygens (including phenoxy) is 1. The molecule has 3 aromatic heterocycles. The van der Waals surface area contributed by atoms with Crippen molar-refractivity contribution in [3.63, 3.8) is 0 Å². The highest BCUT2D eigenvalue weighted by atomic mass is 19.4. The minimum absolute atomic E-state index is 0.238. The molecule has 0 aliphatic heterocycles. The number of anilines is 1. The summed E-state index contributed by atoms with van der Waals surface area (Å²) in [5.41, 5.74) is 2.26. The normalized spacial score (nSPS) is 12.9. The molecular weight excluding hydrogens is 478 g/mol. The van der Waals surface area contributed by atoms with Gasteiger partial charge in [-0.3, -0.25) is 9.78 Å². The van der Waals surface area contributed by atoms with E-state index in [-0.39, 0.29) is 12.6 Å². The van der Waals surface area contributed by atoms with E-state index in [2.05, 4.69) is 29.1 Å². The summed E-state index contributed by atoms with van der Waals surface area (Å²) >= 11 is 0. The molecule has 0 spiro atoms. The summed E-state index contributed by atoms with van der Waals surface area (Å²) in [6.45, 7) is 7.06. The number of halogens is 4. The molecule has 0 radical (unpaired) electrons. The van der Waals surface area contributed by atoms with E-state index in [1.165, 1.54) is 12.3 Å². The number of carbonyl (C=O) groups is 1. The maximum Gasteiger partial charge on any atom is 0.405 e. The molecule has 1 atom stereocenters. The SMILES string of the molecule is CC(C)CCOCn1cc(-c2cncc(NC(C(=O)NCC(F)(F)F)C(C)C)c2)c2cc(F)cnc21. The van der Waals surface area contributed by atoms with E-state index in [9.17, 15) is 22.4 Å². The van der Waals surface area contributed by atoms with Gasteiger partial charge in [0, 0.05) is 41.7 Å². The molecule has 0 bridgehead atoms. The number of pyridine rings is 2. The minimum atomic E-state index is -4.51. The van der Waals surface area contributed by atoms with Crippen LogP contribution in [-0.4, -0.2) is 45.8 Å². The second-order valence-electron chi connectivity index (χ2n) is 9.42. The minimum Gasteiger partial charge on any atom is -0.372 e. The monoisotopic (exact) mass is 509 g/mol. The van der Waals surface area contributed by atoms with Crippen LogP contribution in [0.3, 0.4) is 0 Å². The zero-order chi connectivity index (χ0) is 26.5. The molecule has 2 N–H and O–H groups in total. The highest BCUT2D eigenvalue weighted by Gasteiger charge is 2.30. The predicted molar refractivity (Wildman–Crippen MR) is 130 cm³/mol.